The summed E-state index contributed by atoms with van der Waals surface area (Å²) in [5.74, 6) is 3.72. The van der Waals surface area contributed by atoms with Crippen molar-refractivity contribution in [3.63, 3.8) is 0 Å². The van der Waals surface area contributed by atoms with Gasteiger partial charge in [0, 0.05) is 34.3 Å². The molecule has 1 amide bonds. The van der Waals surface area contributed by atoms with Gasteiger partial charge in [-0.25, -0.2) is 4.98 Å². The summed E-state index contributed by atoms with van der Waals surface area (Å²) >= 11 is 5.21. The summed E-state index contributed by atoms with van der Waals surface area (Å²) in [5.41, 5.74) is 2.41. The first-order chi connectivity index (χ1) is 13.0. The number of H-pyrrole nitrogens is 1. The Labute approximate surface area is 172 Å². The fourth-order valence-corrected chi connectivity index (χ4v) is 5.00. The van der Waals surface area contributed by atoms with E-state index >= 15 is 0 Å². The summed E-state index contributed by atoms with van der Waals surface area (Å²) in [5, 5.41) is 7.50. The van der Waals surface area contributed by atoms with Crippen LogP contribution in [0.1, 0.15) is 60.3 Å². The Kier molecular flexibility index (Phi) is 5.60. The van der Waals surface area contributed by atoms with Gasteiger partial charge >= 0.3 is 0 Å². The van der Waals surface area contributed by atoms with Crippen LogP contribution in [0.15, 0.2) is 21.5 Å². The first-order valence-corrected chi connectivity index (χ1v) is 11.4. The first kappa shape index (κ1) is 19.0. The number of piperidine rings is 1. The molecule has 7 heteroatoms. The largest absolute Gasteiger partial charge is 0.342 e. The Hall–Kier alpha value is -1.34. The molecule has 2 heterocycles. The molecular formula is C20H25BrN4OS. The molecule has 4 rings (SSSR count). The number of aromatic amines is 1. The number of aromatic nitrogens is 3. The van der Waals surface area contributed by atoms with Crippen LogP contribution in [-0.4, -0.2) is 44.8 Å². The molecule has 1 saturated heterocycles. The van der Waals surface area contributed by atoms with E-state index in [-0.39, 0.29) is 5.91 Å². The van der Waals surface area contributed by atoms with Gasteiger partial charge in [-0.05, 0) is 62.8 Å². The lowest BCUT2D eigenvalue weighted by atomic mass is 9.96. The van der Waals surface area contributed by atoms with E-state index in [2.05, 4.69) is 57.1 Å². The van der Waals surface area contributed by atoms with Gasteiger partial charge in [0.05, 0.1) is 5.75 Å². The molecule has 1 aromatic heterocycles. The van der Waals surface area contributed by atoms with Crippen LogP contribution in [0.25, 0.3) is 0 Å². The monoisotopic (exact) mass is 448 g/mol. The molecule has 1 aliphatic heterocycles. The van der Waals surface area contributed by atoms with Crippen molar-refractivity contribution in [1.82, 2.24) is 20.1 Å². The number of aryl methyl sites for hydroxylation is 2. The number of hydrogen-bond donors (Lipinski definition) is 1. The molecule has 144 valence electrons. The molecule has 1 saturated carbocycles. The molecule has 0 radical (unpaired) electrons. The maximum Gasteiger partial charge on any atom is 0.232 e. The first-order valence-electron chi connectivity index (χ1n) is 9.60. The smallest absolute Gasteiger partial charge is 0.232 e. The van der Waals surface area contributed by atoms with Crippen LogP contribution in [0.3, 0.4) is 0 Å². The van der Waals surface area contributed by atoms with Crippen LogP contribution < -0.4 is 0 Å². The van der Waals surface area contributed by atoms with Crippen LogP contribution in [0.5, 0.6) is 0 Å². The van der Waals surface area contributed by atoms with Gasteiger partial charge in [0.15, 0.2) is 5.82 Å². The Balaban J connectivity index is 1.28. The molecular weight excluding hydrogens is 424 g/mol. The Morgan fingerprint density at radius 2 is 1.93 bits per heavy atom. The summed E-state index contributed by atoms with van der Waals surface area (Å²) in [7, 11) is 0. The molecule has 1 aliphatic carbocycles. The lowest BCUT2D eigenvalue weighted by Crippen LogP contribution is -2.39. The van der Waals surface area contributed by atoms with E-state index in [0.717, 1.165) is 42.1 Å². The molecule has 2 aliphatic rings. The van der Waals surface area contributed by atoms with E-state index in [1.54, 1.807) is 11.8 Å². The molecule has 2 fully saturated rings. The quantitative estimate of drug-likeness (QED) is 0.680. The SMILES string of the molecule is Cc1cc(SCC(=O)N2CCC(c3nc(C4CC4)n[nH]3)CC2)c(C)cc1Br. The lowest BCUT2D eigenvalue weighted by molar-refractivity contribution is -0.129. The van der Waals surface area contributed by atoms with Gasteiger partial charge in [-0.2, -0.15) is 5.10 Å². The van der Waals surface area contributed by atoms with Gasteiger partial charge in [-0.15, -0.1) is 11.8 Å². The summed E-state index contributed by atoms with van der Waals surface area (Å²) in [6.45, 7) is 5.79. The van der Waals surface area contributed by atoms with Crippen molar-refractivity contribution in [2.24, 2.45) is 0 Å². The zero-order valence-corrected chi connectivity index (χ0v) is 18.2. The molecule has 0 atom stereocenters. The third-order valence-electron chi connectivity index (χ3n) is 5.50. The summed E-state index contributed by atoms with van der Waals surface area (Å²) in [6.07, 6.45) is 4.37. The average Bonchev–Trinajstić information content (AvgIpc) is 3.40. The van der Waals surface area contributed by atoms with Crippen molar-refractivity contribution in [1.29, 1.82) is 0 Å². The van der Waals surface area contributed by atoms with E-state index in [4.69, 9.17) is 0 Å². The molecule has 5 nitrogen and oxygen atoms in total. The van der Waals surface area contributed by atoms with Crippen molar-refractivity contribution < 1.29 is 4.79 Å². The molecule has 0 bridgehead atoms. The minimum atomic E-state index is 0.231. The fraction of sp³-hybridized carbons (Fsp3) is 0.550. The number of amides is 1. The fourth-order valence-electron chi connectivity index (χ4n) is 3.54. The van der Waals surface area contributed by atoms with Crippen molar-refractivity contribution in [2.45, 2.75) is 56.3 Å². The molecule has 1 N–H and O–H groups in total. The second-order valence-corrected chi connectivity index (χ2v) is 9.54. The summed E-state index contributed by atoms with van der Waals surface area (Å²) in [6, 6.07) is 4.28. The predicted molar refractivity (Wildman–Crippen MR) is 111 cm³/mol. The molecule has 1 aromatic carbocycles. The standard InChI is InChI=1S/C20H25BrN4OS/c1-12-10-17(13(2)9-16(12)21)27-11-18(26)25-7-5-15(6-8-25)20-22-19(23-24-20)14-3-4-14/h9-10,14-15H,3-8,11H2,1-2H3,(H,22,23,24). The number of likely N-dealkylation sites (tertiary alicyclic amines) is 1. The van der Waals surface area contributed by atoms with Gasteiger partial charge in [-0.3, -0.25) is 9.89 Å². The third-order valence-corrected chi connectivity index (χ3v) is 7.50. The summed E-state index contributed by atoms with van der Waals surface area (Å²) < 4.78 is 1.12. The summed E-state index contributed by atoms with van der Waals surface area (Å²) in [4.78, 5) is 20.5. The number of nitrogens with zero attached hydrogens (tertiary/aromatic N) is 3. The van der Waals surface area contributed by atoms with Gasteiger partial charge < -0.3 is 4.90 Å². The highest BCUT2D eigenvalue weighted by atomic mass is 79.9. The van der Waals surface area contributed by atoms with Crippen LogP contribution in [0.4, 0.5) is 0 Å². The average molecular weight is 449 g/mol. The normalized spacial score (nSPS) is 18.1. The topological polar surface area (TPSA) is 61.9 Å². The zero-order valence-electron chi connectivity index (χ0n) is 15.8. The van der Waals surface area contributed by atoms with Crippen molar-refractivity contribution in [3.8, 4) is 0 Å². The third kappa shape index (κ3) is 4.40. The number of rotatable bonds is 5. The zero-order chi connectivity index (χ0) is 19.0. The number of nitrogens with one attached hydrogen (secondary N) is 1. The maximum atomic E-state index is 12.6. The van der Waals surface area contributed by atoms with Crippen molar-refractivity contribution >= 4 is 33.6 Å². The van der Waals surface area contributed by atoms with Crippen LogP contribution in [0.2, 0.25) is 0 Å². The van der Waals surface area contributed by atoms with Crippen molar-refractivity contribution in [2.75, 3.05) is 18.8 Å². The Morgan fingerprint density at radius 1 is 1.19 bits per heavy atom. The number of halogens is 1. The van der Waals surface area contributed by atoms with Gasteiger partial charge in [-0.1, -0.05) is 15.9 Å². The number of hydrogen-bond acceptors (Lipinski definition) is 4. The molecule has 0 spiro atoms. The maximum absolute atomic E-state index is 12.6. The molecule has 27 heavy (non-hydrogen) atoms. The highest BCUT2D eigenvalue weighted by Crippen LogP contribution is 2.38. The second kappa shape index (κ2) is 7.95. The van der Waals surface area contributed by atoms with Crippen molar-refractivity contribution in [3.05, 3.63) is 39.4 Å². The van der Waals surface area contributed by atoms with Gasteiger partial charge in [0.2, 0.25) is 5.91 Å². The number of carbonyl (C=O) groups excluding carboxylic acids is 1. The highest BCUT2D eigenvalue weighted by Gasteiger charge is 2.30. The van der Waals surface area contributed by atoms with Gasteiger partial charge in [0.1, 0.15) is 5.82 Å². The van der Waals surface area contributed by atoms with Crippen LogP contribution in [-0.2, 0) is 4.79 Å². The molecule has 0 unspecified atom stereocenters. The minimum absolute atomic E-state index is 0.231. The van der Waals surface area contributed by atoms with Crippen LogP contribution in [0, 0.1) is 13.8 Å². The Bertz CT molecular complexity index is 841. The number of carbonyl (C=O) groups is 1. The lowest BCUT2D eigenvalue weighted by Gasteiger charge is -2.31. The predicted octanol–water partition coefficient (Wildman–Crippen LogP) is 4.56. The van der Waals surface area contributed by atoms with E-state index < -0.39 is 0 Å². The van der Waals surface area contributed by atoms with Crippen LogP contribution >= 0.6 is 27.7 Å². The number of benzene rings is 1. The van der Waals surface area contributed by atoms with E-state index in [0.29, 0.717) is 17.6 Å². The van der Waals surface area contributed by atoms with E-state index in [9.17, 15) is 4.79 Å². The van der Waals surface area contributed by atoms with E-state index in [1.807, 2.05) is 4.90 Å². The minimum Gasteiger partial charge on any atom is -0.342 e. The van der Waals surface area contributed by atoms with E-state index in [1.165, 1.54) is 28.9 Å². The Morgan fingerprint density at radius 3 is 2.63 bits per heavy atom. The number of thioether (sulfide) groups is 1. The molecule has 2 aromatic rings. The highest BCUT2D eigenvalue weighted by molar-refractivity contribution is 9.10. The van der Waals surface area contributed by atoms with Gasteiger partial charge in [0.25, 0.3) is 0 Å². The second-order valence-electron chi connectivity index (χ2n) is 7.66.